The lowest BCUT2D eigenvalue weighted by Crippen LogP contribution is -2.30. The molecule has 9 heteroatoms. The van der Waals surface area contributed by atoms with Gasteiger partial charge in [0.1, 0.15) is 4.88 Å². The number of hydrogen-bond acceptors (Lipinski definition) is 8. The van der Waals surface area contributed by atoms with Crippen LogP contribution in [0.25, 0.3) is 6.08 Å². The molecule has 0 spiro atoms. The highest BCUT2D eigenvalue weighted by Gasteiger charge is 2.45. The van der Waals surface area contributed by atoms with E-state index >= 15 is 0 Å². The van der Waals surface area contributed by atoms with E-state index in [1.54, 1.807) is 31.3 Å². The van der Waals surface area contributed by atoms with Crippen LogP contribution in [0.1, 0.15) is 32.5 Å². The van der Waals surface area contributed by atoms with E-state index in [1.807, 2.05) is 30.3 Å². The Balaban J connectivity index is 1.78. The Morgan fingerprint density at radius 3 is 2.61 bits per heavy atom. The molecule has 1 aliphatic heterocycles. The van der Waals surface area contributed by atoms with Gasteiger partial charge in [0.2, 0.25) is 0 Å². The van der Waals surface area contributed by atoms with E-state index in [-0.39, 0.29) is 15.6 Å². The predicted molar refractivity (Wildman–Crippen MR) is 123 cm³/mol. The summed E-state index contributed by atoms with van der Waals surface area (Å²) in [6.07, 6.45) is 6.00. The van der Waals surface area contributed by atoms with Crippen molar-refractivity contribution in [2.75, 3.05) is 12.0 Å². The molecule has 1 aromatic carbocycles. The third-order valence-corrected chi connectivity index (χ3v) is 6.20. The topological polar surface area (TPSA) is 110 Å². The van der Waals surface area contributed by atoms with E-state index in [2.05, 4.69) is 9.97 Å². The fourth-order valence-electron chi connectivity index (χ4n) is 3.50. The first kappa shape index (κ1) is 22.1. The SMILES string of the molecule is COC(=O)c1sc(N2C(=O)C(O)=C(C(=O)C=Cc3ccccc3)C2c2cccnc2)nc1C. The number of carbonyl (C=O) groups excluding carboxylic acids is 3. The number of benzene rings is 1. The third-order valence-electron chi connectivity index (χ3n) is 5.06. The molecule has 1 aliphatic rings. The zero-order chi connectivity index (χ0) is 23.5. The number of hydrogen-bond donors (Lipinski definition) is 1. The molecule has 0 bridgehead atoms. The van der Waals surface area contributed by atoms with E-state index < -0.39 is 29.5 Å². The summed E-state index contributed by atoms with van der Waals surface area (Å²) in [5, 5.41) is 10.9. The van der Waals surface area contributed by atoms with Crippen molar-refractivity contribution >= 4 is 40.2 Å². The molecule has 1 amide bonds. The Bertz CT molecular complexity index is 1280. The van der Waals surface area contributed by atoms with Gasteiger partial charge in [-0.05, 0) is 30.2 Å². The van der Waals surface area contributed by atoms with Crippen LogP contribution < -0.4 is 4.90 Å². The number of pyridine rings is 1. The summed E-state index contributed by atoms with van der Waals surface area (Å²) < 4.78 is 4.78. The molecule has 166 valence electrons. The molecule has 8 nitrogen and oxygen atoms in total. The van der Waals surface area contributed by atoms with E-state index in [9.17, 15) is 19.5 Å². The van der Waals surface area contributed by atoms with Gasteiger partial charge < -0.3 is 9.84 Å². The van der Waals surface area contributed by atoms with Crippen LogP contribution in [0.5, 0.6) is 0 Å². The van der Waals surface area contributed by atoms with Gasteiger partial charge in [-0.1, -0.05) is 53.8 Å². The molecule has 1 unspecified atom stereocenters. The normalized spacial score (nSPS) is 16.0. The van der Waals surface area contributed by atoms with Crippen molar-refractivity contribution in [3.63, 3.8) is 0 Å². The van der Waals surface area contributed by atoms with Gasteiger partial charge in [-0.3, -0.25) is 19.5 Å². The van der Waals surface area contributed by atoms with E-state index in [0.717, 1.165) is 16.9 Å². The number of allylic oxidation sites excluding steroid dienone is 1. The predicted octanol–water partition coefficient (Wildman–Crippen LogP) is 3.82. The molecule has 2 aromatic heterocycles. The fourth-order valence-corrected chi connectivity index (χ4v) is 4.51. The van der Waals surface area contributed by atoms with Gasteiger partial charge in [0.25, 0.3) is 5.91 Å². The molecule has 0 fully saturated rings. The highest BCUT2D eigenvalue weighted by Crippen LogP contribution is 2.42. The molecule has 33 heavy (non-hydrogen) atoms. The second kappa shape index (κ2) is 9.17. The number of methoxy groups -OCH3 is 1. The Labute approximate surface area is 193 Å². The van der Waals surface area contributed by atoms with Crippen LogP contribution in [-0.4, -0.2) is 39.8 Å². The Morgan fingerprint density at radius 1 is 1.18 bits per heavy atom. The van der Waals surface area contributed by atoms with Crippen molar-refractivity contribution in [3.05, 3.63) is 94.0 Å². The third kappa shape index (κ3) is 4.18. The zero-order valence-electron chi connectivity index (χ0n) is 17.8. The van der Waals surface area contributed by atoms with Crippen molar-refractivity contribution in [2.24, 2.45) is 0 Å². The van der Waals surface area contributed by atoms with Gasteiger partial charge in [-0.25, -0.2) is 9.78 Å². The summed E-state index contributed by atoms with van der Waals surface area (Å²) in [6, 6.07) is 11.6. The Morgan fingerprint density at radius 2 is 1.94 bits per heavy atom. The van der Waals surface area contributed by atoms with Gasteiger partial charge in [0.05, 0.1) is 24.4 Å². The van der Waals surface area contributed by atoms with Crippen LogP contribution in [0.4, 0.5) is 5.13 Å². The average Bonchev–Trinajstić information content (AvgIpc) is 3.35. The van der Waals surface area contributed by atoms with Crippen LogP contribution in [0.3, 0.4) is 0 Å². The van der Waals surface area contributed by atoms with Crippen molar-refractivity contribution in [1.82, 2.24) is 9.97 Å². The standard InChI is InChI=1S/C24H19N3O5S/c1-14-21(23(31)32-2)33-24(26-14)27-19(16-9-6-12-25-13-16)18(20(29)22(27)30)17(28)11-10-15-7-4-3-5-8-15/h3-13,19,29H,1-2H3. The minimum absolute atomic E-state index is 0.0901. The van der Waals surface area contributed by atoms with Crippen LogP contribution in [-0.2, 0) is 14.3 Å². The molecular formula is C24H19N3O5S. The number of ether oxygens (including phenoxy) is 1. The molecular weight excluding hydrogens is 442 g/mol. The number of nitrogens with zero attached hydrogens (tertiary/aromatic N) is 3. The fraction of sp³-hybridized carbons (Fsp3) is 0.125. The number of ketones is 1. The summed E-state index contributed by atoms with van der Waals surface area (Å²) in [5.41, 5.74) is 1.60. The molecule has 0 aliphatic carbocycles. The first-order valence-electron chi connectivity index (χ1n) is 9.92. The molecule has 3 heterocycles. The van der Waals surface area contributed by atoms with Gasteiger partial charge in [0, 0.05) is 12.4 Å². The minimum atomic E-state index is -0.963. The van der Waals surface area contributed by atoms with Gasteiger partial charge in [-0.2, -0.15) is 0 Å². The number of aromatic nitrogens is 2. The van der Waals surface area contributed by atoms with Crippen LogP contribution in [0, 0.1) is 6.92 Å². The van der Waals surface area contributed by atoms with Gasteiger partial charge in [0.15, 0.2) is 16.7 Å². The molecule has 1 N–H and O–H groups in total. The average molecular weight is 461 g/mol. The second-order valence-corrected chi connectivity index (χ2v) is 8.11. The number of carbonyl (C=O) groups is 3. The first-order chi connectivity index (χ1) is 15.9. The molecule has 1 atom stereocenters. The number of thiazole rings is 1. The quantitative estimate of drug-likeness (QED) is 0.439. The number of rotatable bonds is 6. The smallest absolute Gasteiger partial charge is 0.350 e. The Hall–Kier alpha value is -4.11. The van der Waals surface area contributed by atoms with Crippen LogP contribution in [0.15, 0.2) is 72.3 Å². The lowest BCUT2D eigenvalue weighted by atomic mass is 9.97. The van der Waals surface area contributed by atoms with Crippen molar-refractivity contribution in [1.29, 1.82) is 0 Å². The number of anilines is 1. The summed E-state index contributed by atoms with van der Waals surface area (Å²) >= 11 is 0.950. The molecule has 0 saturated carbocycles. The summed E-state index contributed by atoms with van der Waals surface area (Å²) in [5.74, 6) is -2.56. The summed E-state index contributed by atoms with van der Waals surface area (Å²) in [7, 11) is 1.25. The van der Waals surface area contributed by atoms with Crippen molar-refractivity contribution < 1.29 is 24.2 Å². The number of aliphatic hydroxyl groups excluding tert-OH is 1. The van der Waals surface area contributed by atoms with Crippen molar-refractivity contribution in [3.8, 4) is 0 Å². The molecule has 0 radical (unpaired) electrons. The Kier molecular flexibility index (Phi) is 6.14. The van der Waals surface area contributed by atoms with Gasteiger partial charge >= 0.3 is 5.97 Å². The minimum Gasteiger partial charge on any atom is -0.503 e. The molecule has 3 aromatic rings. The maximum absolute atomic E-state index is 13.2. The van der Waals surface area contributed by atoms with Crippen LogP contribution in [0.2, 0.25) is 0 Å². The van der Waals surface area contributed by atoms with Gasteiger partial charge in [-0.15, -0.1) is 0 Å². The monoisotopic (exact) mass is 461 g/mol. The summed E-state index contributed by atoms with van der Waals surface area (Å²) in [4.78, 5) is 48.2. The largest absolute Gasteiger partial charge is 0.503 e. The highest BCUT2D eigenvalue weighted by atomic mass is 32.1. The number of aryl methyl sites for hydroxylation is 1. The first-order valence-corrected chi connectivity index (χ1v) is 10.7. The van der Waals surface area contributed by atoms with E-state index in [1.165, 1.54) is 24.3 Å². The number of aliphatic hydroxyl groups is 1. The van der Waals surface area contributed by atoms with Crippen molar-refractivity contribution in [2.45, 2.75) is 13.0 Å². The zero-order valence-corrected chi connectivity index (χ0v) is 18.6. The van der Waals surface area contributed by atoms with Crippen LogP contribution >= 0.6 is 11.3 Å². The lowest BCUT2D eigenvalue weighted by molar-refractivity contribution is -0.117. The molecule has 0 saturated heterocycles. The molecule has 4 rings (SSSR count). The maximum Gasteiger partial charge on any atom is 0.350 e. The number of amides is 1. The van der Waals surface area contributed by atoms with E-state index in [4.69, 9.17) is 4.74 Å². The highest BCUT2D eigenvalue weighted by molar-refractivity contribution is 7.17. The number of esters is 1. The summed E-state index contributed by atoms with van der Waals surface area (Å²) in [6.45, 7) is 1.62. The maximum atomic E-state index is 13.2. The van der Waals surface area contributed by atoms with E-state index in [0.29, 0.717) is 11.3 Å². The second-order valence-electron chi connectivity index (χ2n) is 7.14. The lowest BCUT2D eigenvalue weighted by Gasteiger charge is -2.23.